The first-order valence-electron chi connectivity index (χ1n) is 9.11. The molecule has 0 saturated carbocycles. The molecule has 2 aromatic heterocycles. The van der Waals surface area contributed by atoms with E-state index in [4.69, 9.17) is 16.3 Å². The normalized spacial score (nSPS) is 10.9. The molecular weight excluding hydrogens is 406 g/mol. The maximum atomic E-state index is 12.8. The predicted molar refractivity (Wildman–Crippen MR) is 114 cm³/mol. The second kappa shape index (κ2) is 8.00. The highest BCUT2D eigenvalue weighted by Gasteiger charge is 2.13. The van der Waals surface area contributed by atoms with Gasteiger partial charge in [0.1, 0.15) is 24.1 Å². The van der Waals surface area contributed by atoms with Gasteiger partial charge in [0.25, 0.3) is 5.56 Å². The predicted octanol–water partition coefficient (Wildman–Crippen LogP) is 3.17. The van der Waals surface area contributed by atoms with Crippen LogP contribution in [0.3, 0.4) is 0 Å². The van der Waals surface area contributed by atoms with E-state index >= 15 is 0 Å². The van der Waals surface area contributed by atoms with Crippen molar-refractivity contribution < 1.29 is 9.53 Å². The van der Waals surface area contributed by atoms with Gasteiger partial charge in [-0.25, -0.2) is 9.20 Å². The topological polar surface area (TPSA) is 90.5 Å². The minimum absolute atomic E-state index is 0.232. The number of rotatable bonds is 5. The van der Waals surface area contributed by atoms with E-state index in [-0.39, 0.29) is 12.5 Å². The molecule has 1 amide bonds. The van der Waals surface area contributed by atoms with E-state index in [2.05, 4.69) is 15.5 Å². The standard InChI is InChI=1S/C21H18ClN5O3/c1-13-16(22)4-3-5-17(13)24-20(28)11-26-21(29)19-10-18(25-27(19)12-23-26)14-6-8-15(30-2)9-7-14/h3-10,12H,11H2,1-2H3,(H,24,28). The third-order valence-electron chi connectivity index (χ3n) is 4.71. The molecule has 0 bridgehead atoms. The van der Waals surface area contributed by atoms with Gasteiger partial charge in [0.2, 0.25) is 5.91 Å². The number of carbonyl (C=O) groups is 1. The maximum absolute atomic E-state index is 12.8. The van der Waals surface area contributed by atoms with Crippen LogP contribution >= 0.6 is 11.6 Å². The zero-order valence-electron chi connectivity index (χ0n) is 16.3. The van der Waals surface area contributed by atoms with Crippen molar-refractivity contribution in [3.05, 3.63) is 75.8 Å². The molecule has 0 saturated heterocycles. The second-order valence-corrected chi connectivity index (χ2v) is 7.05. The molecule has 4 aromatic rings. The van der Waals surface area contributed by atoms with E-state index in [0.717, 1.165) is 21.6 Å². The molecule has 30 heavy (non-hydrogen) atoms. The van der Waals surface area contributed by atoms with Gasteiger partial charge in [0.15, 0.2) is 0 Å². The van der Waals surface area contributed by atoms with Gasteiger partial charge >= 0.3 is 0 Å². The number of hydrogen-bond donors (Lipinski definition) is 1. The molecule has 0 aliphatic rings. The molecular formula is C21H18ClN5O3. The van der Waals surface area contributed by atoms with Crippen LogP contribution in [-0.4, -0.2) is 32.4 Å². The van der Waals surface area contributed by atoms with Crippen LogP contribution in [0.2, 0.25) is 5.02 Å². The summed E-state index contributed by atoms with van der Waals surface area (Å²) in [5.41, 5.74) is 2.70. The Balaban J connectivity index is 1.59. The van der Waals surface area contributed by atoms with E-state index in [1.54, 1.807) is 38.3 Å². The second-order valence-electron chi connectivity index (χ2n) is 6.64. The molecule has 9 heteroatoms. The number of halogens is 1. The molecule has 0 fully saturated rings. The summed E-state index contributed by atoms with van der Waals surface area (Å²) in [6, 6.07) is 14.2. The van der Waals surface area contributed by atoms with Crippen LogP contribution in [0, 0.1) is 6.92 Å². The number of carbonyl (C=O) groups excluding carboxylic acids is 1. The van der Waals surface area contributed by atoms with Gasteiger partial charge in [-0.2, -0.15) is 10.2 Å². The first-order chi connectivity index (χ1) is 14.5. The van der Waals surface area contributed by atoms with Crippen molar-refractivity contribution >= 4 is 28.7 Å². The number of fused-ring (bicyclic) bond motifs is 1. The van der Waals surface area contributed by atoms with Crippen LogP contribution in [-0.2, 0) is 11.3 Å². The zero-order chi connectivity index (χ0) is 21.3. The fourth-order valence-electron chi connectivity index (χ4n) is 3.02. The molecule has 2 aromatic carbocycles. The van der Waals surface area contributed by atoms with Crippen molar-refractivity contribution in [2.75, 3.05) is 12.4 Å². The lowest BCUT2D eigenvalue weighted by Crippen LogP contribution is -2.30. The van der Waals surface area contributed by atoms with Gasteiger partial charge < -0.3 is 10.1 Å². The third-order valence-corrected chi connectivity index (χ3v) is 5.12. The number of methoxy groups -OCH3 is 1. The van der Waals surface area contributed by atoms with Crippen molar-refractivity contribution in [3.8, 4) is 17.0 Å². The summed E-state index contributed by atoms with van der Waals surface area (Å²) in [5, 5.41) is 11.8. The largest absolute Gasteiger partial charge is 0.497 e. The quantitative estimate of drug-likeness (QED) is 0.532. The molecule has 8 nitrogen and oxygen atoms in total. The van der Waals surface area contributed by atoms with Gasteiger partial charge in [0, 0.05) is 16.3 Å². The average Bonchev–Trinajstić information content (AvgIpc) is 3.19. The van der Waals surface area contributed by atoms with Crippen molar-refractivity contribution in [2.45, 2.75) is 13.5 Å². The average molecular weight is 424 g/mol. The van der Waals surface area contributed by atoms with Crippen LogP contribution in [0.5, 0.6) is 5.75 Å². The van der Waals surface area contributed by atoms with E-state index < -0.39 is 5.56 Å². The summed E-state index contributed by atoms with van der Waals surface area (Å²) >= 11 is 6.08. The Kier molecular flexibility index (Phi) is 5.24. The van der Waals surface area contributed by atoms with Gasteiger partial charge in [-0.1, -0.05) is 17.7 Å². The minimum Gasteiger partial charge on any atom is -0.497 e. The number of ether oxygens (including phenoxy) is 1. The molecule has 0 unspecified atom stereocenters. The summed E-state index contributed by atoms with van der Waals surface area (Å²) in [4.78, 5) is 25.2. The highest BCUT2D eigenvalue weighted by molar-refractivity contribution is 6.31. The Hall–Kier alpha value is -3.65. The summed E-state index contributed by atoms with van der Waals surface area (Å²) in [6.07, 6.45) is 1.40. The van der Waals surface area contributed by atoms with Crippen molar-refractivity contribution in [3.63, 3.8) is 0 Å². The number of aromatic nitrogens is 4. The van der Waals surface area contributed by atoms with Crippen LogP contribution in [0.1, 0.15) is 5.56 Å². The maximum Gasteiger partial charge on any atom is 0.293 e. The van der Waals surface area contributed by atoms with E-state index in [1.807, 2.05) is 24.3 Å². The molecule has 0 spiro atoms. The molecule has 0 aliphatic heterocycles. The molecule has 2 heterocycles. The Labute approximate surface area is 176 Å². The Bertz CT molecular complexity index is 1290. The zero-order valence-corrected chi connectivity index (χ0v) is 17.1. The highest BCUT2D eigenvalue weighted by atomic mass is 35.5. The number of benzene rings is 2. The van der Waals surface area contributed by atoms with Crippen LogP contribution < -0.4 is 15.6 Å². The molecule has 0 atom stereocenters. The number of anilines is 1. The molecule has 4 rings (SSSR count). The van der Waals surface area contributed by atoms with Gasteiger partial charge in [-0.15, -0.1) is 0 Å². The summed E-state index contributed by atoms with van der Waals surface area (Å²) in [6.45, 7) is 1.58. The monoisotopic (exact) mass is 423 g/mol. The summed E-state index contributed by atoms with van der Waals surface area (Å²) in [5.74, 6) is 0.349. The fourth-order valence-corrected chi connectivity index (χ4v) is 3.20. The number of nitrogens with zero attached hydrogens (tertiary/aromatic N) is 4. The Morgan fingerprint density at radius 2 is 1.97 bits per heavy atom. The number of nitrogens with one attached hydrogen (secondary N) is 1. The lowest BCUT2D eigenvalue weighted by Gasteiger charge is -2.10. The summed E-state index contributed by atoms with van der Waals surface area (Å²) < 4.78 is 7.66. The van der Waals surface area contributed by atoms with Crippen LogP contribution in [0.4, 0.5) is 5.69 Å². The first kappa shape index (κ1) is 19.7. The number of amides is 1. The molecule has 1 N–H and O–H groups in total. The van der Waals surface area contributed by atoms with Crippen LogP contribution in [0.25, 0.3) is 16.8 Å². The minimum atomic E-state index is -0.414. The first-order valence-corrected chi connectivity index (χ1v) is 9.49. The van der Waals surface area contributed by atoms with E-state index in [1.165, 1.54) is 10.8 Å². The van der Waals surface area contributed by atoms with Gasteiger partial charge in [0.05, 0.1) is 12.8 Å². The highest BCUT2D eigenvalue weighted by Crippen LogP contribution is 2.23. The van der Waals surface area contributed by atoms with Crippen molar-refractivity contribution in [1.82, 2.24) is 19.4 Å². The fraction of sp³-hybridized carbons (Fsp3) is 0.143. The Morgan fingerprint density at radius 1 is 1.20 bits per heavy atom. The van der Waals surface area contributed by atoms with Crippen molar-refractivity contribution in [2.24, 2.45) is 0 Å². The number of hydrogen-bond acceptors (Lipinski definition) is 5. The molecule has 152 valence electrons. The summed E-state index contributed by atoms with van der Waals surface area (Å²) in [7, 11) is 1.60. The lowest BCUT2D eigenvalue weighted by atomic mass is 10.1. The molecule has 0 radical (unpaired) electrons. The lowest BCUT2D eigenvalue weighted by molar-refractivity contribution is -0.117. The van der Waals surface area contributed by atoms with Crippen LogP contribution in [0.15, 0.2) is 59.7 Å². The third kappa shape index (κ3) is 3.77. The smallest absolute Gasteiger partial charge is 0.293 e. The van der Waals surface area contributed by atoms with Crippen molar-refractivity contribution in [1.29, 1.82) is 0 Å². The SMILES string of the molecule is COc1ccc(-c2cc3c(=O)n(CC(=O)Nc4cccc(Cl)c4C)ncn3n2)cc1. The molecule has 0 aliphatic carbocycles. The van der Waals surface area contributed by atoms with E-state index in [9.17, 15) is 9.59 Å². The Morgan fingerprint density at radius 3 is 2.70 bits per heavy atom. The van der Waals surface area contributed by atoms with Gasteiger partial charge in [-0.05, 0) is 55.0 Å². The van der Waals surface area contributed by atoms with E-state index in [0.29, 0.717) is 21.9 Å². The van der Waals surface area contributed by atoms with Gasteiger partial charge in [-0.3, -0.25) is 9.59 Å².